The van der Waals surface area contributed by atoms with Crippen LogP contribution in [0.1, 0.15) is 88.0 Å². The van der Waals surface area contributed by atoms with Crippen molar-refractivity contribution < 1.29 is 62.1 Å². The molecule has 0 spiro atoms. The lowest BCUT2D eigenvalue weighted by atomic mass is 9.98. The first-order valence-electron chi connectivity index (χ1n) is 20.5. The Kier molecular flexibility index (Phi) is 19.8. The van der Waals surface area contributed by atoms with Crippen LogP contribution in [0.5, 0.6) is 0 Å². The average molecular weight is 885 g/mol. The number of ether oxygens (including phenoxy) is 4. The minimum absolute atomic E-state index is 0.0908. The number of carbonyl (C=O) groups excluding carboxylic acids is 4. The summed E-state index contributed by atoms with van der Waals surface area (Å²) < 4.78 is 63.9. The van der Waals surface area contributed by atoms with E-state index < -0.39 is 86.1 Å². The van der Waals surface area contributed by atoms with Crippen LogP contribution in [0.3, 0.4) is 0 Å². The van der Waals surface area contributed by atoms with E-state index in [0.717, 1.165) is 15.9 Å². The van der Waals surface area contributed by atoms with Crippen molar-refractivity contribution in [1.82, 2.24) is 19.6 Å². The Labute approximate surface area is 359 Å². The molecule has 0 aromatic heterocycles. The fourth-order valence-electron chi connectivity index (χ4n) is 6.32. The highest BCUT2D eigenvalue weighted by atomic mass is 32.2. The predicted molar refractivity (Wildman–Crippen MR) is 222 cm³/mol. The summed E-state index contributed by atoms with van der Waals surface area (Å²) in [7, 11) is -3.95. The minimum atomic E-state index is -4.25. The smallest absolute Gasteiger partial charge is 0.411 e. The number of amides is 2. The molecular weight excluding hydrogens is 822 g/mol. The lowest BCUT2D eigenvalue weighted by Gasteiger charge is -2.41. The number of sulfonamides is 1. The Morgan fingerprint density at radius 2 is 1.31 bits per heavy atom. The van der Waals surface area contributed by atoms with E-state index in [1.54, 1.807) is 55.4 Å². The van der Waals surface area contributed by atoms with Crippen LogP contribution in [-0.4, -0.2) is 127 Å². The van der Waals surface area contributed by atoms with Crippen LogP contribution in [0.2, 0.25) is 0 Å². The van der Waals surface area contributed by atoms with Crippen molar-refractivity contribution in [2.24, 2.45) is 0 Å². The highest BCUT2D eigenvalue weighted by Crippen LogP contribution is 2.31. The summed E-state index contributed by atoms with van der Waals surface area (Å²) in [5.41, 5.74) is 2.05. The minimum Gasteiger partial charge on any atom is -0.464 e. The molecule has 0 unspecified atom stereocenters. The molecule has 0 aliphatic carbocycles. The summed E-state index contributed by atoms with van der Waals surface area (Å²) >= 11 is 0. The second-order valence-corrected chi connectivity index (χ2v) is 17.9. The van der Waals surface area contributed by atoms with Crippen LogP contribution in [-0.2, 0) is 50.0 Å². The molecule has 2 aromatic rings. The Bertz CT molecular complexity index is 1880. The number of para-hydroxylation sites is 1. The van der Waals surface area contributed by atoms with E-state index in [1.165, 1.54) is 35.0 Å². The number of likely N-dealkylation sites (tertiary alicyclic amines) is 2. The average Bonchev–Trinajstić information content (AvgIpc) is 3.20. The van der Waals surface area contributed by atoms with E-state index >= 15 is 0 Å². The topological polar surface area (TPSA) is 213 Å². The third-order valence-electron chi connectivity index (χ3n) is 9.08. The number of hydrogen-bond acceptors (Lipinski definition) is 14. The van der Waals surface area contributed by atoms with Crippen LogP contribution in [0, 0.1) is 10.1 Å². The van der Waals surface area contributed by atoms with Gasteiger partial charge in [0, 0.05) is 32.2 Å². The van der Waals surface area contributed by atoms with Gasteiger partial charge in [0.1, 0.15) is 23.3 Å². The maximum Gasteiger partial charge on any atom is 0.411 e. The Hall–Kier alpha value is -4.92. The molecule has 1 N–H and O–H groups in total. The number of rotatable bonds is 12. The standard InChI is InChI=1S/C20H29N3O8S.C20H30N2O5.CH3F/c1-6-30-18(24)16-12-11-14(13-22(16)19(25)31-20(2,3)4)21(5)32(28,29)17-10-8-7-9-15(17)23(26)27;1-5-25-18(23)17-12-11-16(13-22(17)19(24)27-20(2,3)4)21-26-14-15-9-7-6-8-10-15;1-2/h7-10,14,16H,6,11-13H2,1-5H3;6-10,16-17,21H,5,11-14H2,1-4H3;1H3/t14-,16+;16-,17+;/m11./s1/i;;1D. The fourth-order valence-corrected chi connectivity index (χ4v) is 7.85. The molecule has 0 radical (unpaired) electrons. The molecular formula is C41H62FN5O13S. The van der Waals surface area contributed by atoms with Crippen LogP contribution in [0.4, 0.5) is 19.7 Å². The third kappa shape index (κ3) is 16.1. The molecule has 61 heavy (non-hydrogen) atoms. The summed E-state index contributed by atoms with van der Waals surface area (Å²) in [4.78, 5) is 68.4. The second kappa shape index (κ2) is 23.9. The van der Waals surface area contributed by atoms with Gasteiger partial charge in [0.25, 0.3) is 5.69 Å². The Morgan fingerprint density at radius 1 is 0.836 bits per heavy atom. The van der Waals surface area contributed by atoms with Gasteiger partial charge >= 0.3 is 24.1 Å². The lowest BCUT2D eigenvalue weighted by Crippen LogP contribution is -2.57. The van der Waals surface area contributed by atoms with E-state index in [9.17, 15) is 42.1 Å². The van der Waals surface area contributed by atoms with Gasteiger partial charge in [-0.25, -0.2) is 27.6 Å². The molecule has 2 aliphatic heterocycles. The number of nitrogens with one attached hydrogen (secondary N) is 1. The molecule has 20 heteroatoms. The molecule has 18 nitrogen and oxygen atoms in total. The quantitative estimate of drug-likeness (QED) is 0.109. The summed E-state index contributed by atoms with van der Waals surface area (Å²) in [6.45, 7) is 14.8. The molecule has 2 heterocycles. The van der Waals surface area contributed by atoms with Gasteiger partial charge in [-0.1, -0.05) is 42.5 Å². The van der Waals surface area contributed by atoms with Crippen LogP contribution in [0.15, 0.2) is 59.5 Å². The van der Waals surface area contributed by atoms with Gasteiger partial charge < -0.3 is 18.9 Å². The maximum atomic E-state index is 13.2. The molecule has 4 atom stereocenters. The van der Waals surface area contributed by atoms with E-state index in [-0.39, 0.29) is 38.6 Å². The summed E-state index contributed by atoms with van der Waals surface area (Å²) in [6, 6.07) is 12.5. The molecule has 0 saturated carbocycles. The van der Waals surface area contributed by atoms with Crippen molar-refractivity contribution in [2.75, 3.05) is 40.5 Å². The van der Waals surface area contributed by atoms with E-state index in [1.807, 2.05) is 30.3 Å². The van der Waals surface area contributed by atoms with E-state index in [0.29, 0.717) is 26.0 Å². The highest BCUT2D eigenvalue weighted by molar-refractivity contribution is 7.89. The first-order valence-corrected chi connectivity index (χ1v) is 21.3. The number of nitrogens with zero attached hydrogens (tertiary/aromatic N) is 4. The number of nitro groups is 1. The second-order valence-electron chi connectivity index (χ2n) is 15.9. The maximum absolute atomic E-state index is 13.2. The normalized spacial score (nSPS) is 19.5. The third-order valence-corrected chi connectivity index (χ3v) is 11.0. The van der Waals surface area contributed by atoms with Crippen molar-refractivity contribution in [2.45, 2.75) is 128 Å². The van der Waals surface area contributed by atoms with E-state index in [4.69, 9.17) is 25.2 Å². The van der Waals surface area contributed by atoms with Crippen molar-refractivity contribution >= 4 is 39.8 Å². The van der Waals surface area contributed by atoms with Gasteiger partial charge in [-0.15, -0.1) is 0 Å². The molecule has 2 aromatic carbocycles. The Balaban J connectivity index is 0.000000406. The zero-order valence-corrected chi connectivity index (χ0v) is 37.3. The van der Waals surface area contributed by atoms with Crippen LogP contribution in [0.25, 0.3) is 0 Å². The number of hydroxylamine groups is 1. The highest BCUT2D eigenvalue weighted by Gasteiger charge is 2.43. The van der Waals surface area contributed by atoms with Crippen LogP contribution < -0.4 is 5.48 Å². The number of halogens is 1. The van der Waals surface area contributed by atoms with Gasteiger partial charge in [0.05, 0.1) is 39.3 Å². The van der Waals surface area contributed by atoms with Gasteiger partial charge in [0.2, 0.25) is 10.0 Å². The van der Waals surface area contributed by atoms with Gasteiger partial charge in [0.15, 0.2) is 4.90 Å². The number of esters is 2. The molecule has 2 fully saturated rings. The van der Waals surface area contributed by atoms with Crippen molar-refractivity contribution in [1.29, 1.82) is 0 Å². The molecule has 2 saturated heterocycles. The monoisotopic (exact) mass is 884 g/mol. The molecule has 342 valence electrons. The molecule has 0 bridgehead atoms. The Morgan fingerprint density at radius 3 is 1.80 bits per heavy atom. The van der Waals surface area contributed by atoms with Gasteiger partial charge in [-0.3, -0.25) is 29.1 Å². The fraction of sp³-hybridized carbons (Fsp3) is 0.610. The van der Waals surface area contributed by atoms with Gasteiger partial charge in [-0.05, 0) is 92.7 Å². The molecule has 4 rings (SSSR count). The zero-order valence-electron chi connectivity index (χ0n) is 37.5. The molecule has 2 amide bonds. The number of benzene rings is 2. The molecule has 2 aliphatic rings. The number of carbonyl (C=O) groups is 4. The summed E-state index contributed by atoms with van der Waals surface area (Å²) in [6.07, 6.45) is 0.299. The number of hydrogen-bond donors (Lipinski definition) is 1. The van der Waals surface area contributed by atoms with E-state index in [2.05, 4.69) is 5.48 Å². The first-order chi connectivity index (χ1) is 29.0. The lowest BCUT2D eigenvalue weighted by molar-refractivity contribution is -0.387. The number of nitro benzene ring substituents is 1. The summed E-state index contributed by atoms with van der Waals surface area (Å²) in [5.74, 6) is -0.993. The van der Waals surface area contributed by atoms with Crippen molar-refractivity contribution in [3.05, 3.63) is 70.3 Å². The summed E-state index contributed by atoms with van der Waals surface area (Å²) in [5, 5.41) is 11.3. The number of alkyl halides is 1. The number of likely N-dealkylation sites (N-methyl/N-ethyl adjacent to an activating group) is 1. The van der Waals surface area contributed by atoms with Crippen molar-refractivity contribution in [3.8, 4) is 0 Å². The zero-order chi connectivity index (χ0) is 46.8. The SMILES string of the molecule is CCOC(=O)[C@@H]1CC[C@@H](N(C)S(=O)(=O)c2ccccc2[N+](=O)[O-])CN1C(=O)OC(C)(C)C.CCOC(=O)[C@@H]1CC[C@@H](NOCc2ccccc2)CN1C(=O)OC(C)(C)C.[2H]CF. The number of piperidine rings is 2. The predicted octanol–water partition coefficient (Wildman–Crippen LogP) is 6.17. The van der Waals surface area contributed by atoms with Crippen molar-refractivity contribution in [3.63, 3.8) is 0 Å². The van der Waals surface area contributed by atoms with Gasteiger partial charge in [-0.2, -0.15) is 9.79 Å². The largest absolute Gasteiger partial charge is 0.464 e. The van der Waals surface area contributed by atoms with Crippen LogP contribution >= 0.6 is 0 Å². The first kappa shape index (κ1) is 50.4.